The Morgan fingerprint density at radius 3 is 2.59 bits per heavy atom. The fraction of sp³-hybridized carbons (Fsp3) is 0.167. The highest BCUT2D eigenvalue weighted by molar-refractivity contribution is 8.02. The summed E-state index contributed by atoms with van der Waals surface area (Å²) in [5, 5.41) is 24.7. The van der Waals surface area contributed by atoms with Crippen molar-refractivity contribution in [3.05, 3.63) is 64.0 Å². The fourth-order valence-corrected chi connectivity index (χ4v) is 4.16. The smallest absolute Gasteiger partial charge is 0.306 e. The number of benzene rings is 2. The van der Waals surface area contributed by atoms with E-state index in [-0.39, 0.29) is 11.6 Å². The lowest BCUT2D eigenvalue weighted by Crippen LogP contribution is -2.22. The molecule has 0 spiro atoms. The second-order valence-corrected chi connectivity index (χ2v) is 8.60. The summed E-state index contributed by atoms with van der Waals surface area (Å²) in [6.07, 6.45) is 0. The Labute approximate surface area is 173 Å². The van der Waals surface area contributed by atoms with Gasteiger partial charge in [-0.1, -0.05) is 40.8 Å². The number of anilines is 3. The van der Waals surface area contributed by atoms with Crippen LogP contribution in [-0.2, 0) is 4.79 Å². The van der Waals surface area contributed by atoms with Gasteiger partial charge in [-0.2, -0.15) is 4.39 Å². The van der Waals surface area contributed by atoms with E-state index in [0.29, 0.717) is 9.47 Å². The molecule has 0 aliphatic heterocycles. The molecule has 0 saturated carbocycles. The van der Waals surface area contributed by atoms with Crippen LogP contribution in [0.3, 0.4) is 0 Å². The van der Waals surface area contributed by atoms with E-state index < -0.39 is 21.7 Å². The van der Waals surface area contributed by atoms with Gasteiger partial charge in [-0.15, -0.1) is 10.2 Å². The largest absolute Gasteiger partial charge is 0.330 e. The lowest BCUT2D eigenvalue weighted by atomic mass is 10.2. The monoisotopic (exact) mass is 433 g/mol. The molecule has 150 valence electrons. The molecule has 29 heavy (non-hydrogen) atoms. The number of hydrogen-bond donors (Lipinski definition) is 2. The predicted molar refractivity (Wildman–Crippen MR) is 111 cm³/mol. The molecule has 0 bridgehead atoms. The molecule has 11 heteroatoms. The molecule has 0 aliphatic carbocycles. The maximum absolute atomic E-state index is 13.4. The van der Waals surface area contributed by atoms with Crippen molar-refractivity contribution in [3.8, 4) is 0 Å². The van der Waals surface area contributed by atoms with E-state index in [1.54, 1.807) is 6.92 Å². The van der Waals surface area contributed by atoms with Gasteiger partial charge in [0.1, 0.15) is 0 Å². The minimum absolute atomic E-state index is 0.148. The Balaban J connectivity index is 1.60. The van der Waals surface area contributed by atoms with Crippen molar-refractivity contribution in [2.75, 3.05) is 10.6 Å². The van der Waals surface area contributed by atoms with Crippen LogP contribution in [0, 0.1) is 22.9 Å². The van der Waals surface area contributed by atoms with Gasteiger partial charge in [0.15, 0.2) is 4.34 Å². The van der Waals surface area contributed by atoms with Gasteiger partial charge in [-0.3, -0.25) is 14.9 Å². The van der Waals surface area contributed by atoms with Crippen LogP contribution in [0.25, 0.3) is 0 Å². The van der Waals surface area contributed by atoms with Gasteiger partial charge in [-0.25, -0.2) is 0 Å². The van der Waals surface area contributed by atoms with Gasteiger partial charge in [0.25, 0.3) is 0 Å². The summed E-state index contributed by atoms with van der Waals surface area (Å²) in [5.74, 6) is -1.35. The standard InChI is InChI=1S/C18H16FN5O3S2/c1-10-3-5-12(6-4-10)21-17-22-23-18(29-17)28-11(2)16(25)20-13-7-8-14(19)15(9-13)24(26)27/h3-9,11H,1-2H3,(H,20,25)(H,21,22). The maximum Gasteiger partial charge on any atom is 0.306 e. The van der Waals surface area contributed by atoms with E-state index in [0.717, 1.165) is 23.4 Å². The number of nitro groups is 1. The van der Waals surface area contributed by atoms with Crippen molar-refractivity contribution in [1.82, 2.24) is 10.2 Å². The van der Waals surface area contributed by atoms with E-state index in [2.05, 4.69) is 20.8 Å². The second kappa shape index (κ2) is 8.97. The highest BCUT2D eigenvalue weighted by atomic mass is 32.2. The molecule has 3 aromatic rings. The number of halogens is 1. The van der Waals surface area contributed by atoms with Crippen molar-refractivity contribution in [2.24, 2.45) is 0 Å². The average Bonchev–Trinajstić information content (AvgIpc) is 3.11. The van der Waals surface area contributed by atoms with Crippen molar-refractivity contribution in [1.29, 1.82) is 0 Å². The minimum atomic E-state index is -0.960. The summed E-state index contributed by atoms with van der Waals surface area (Å²) in [6.45, 7) is 3.67. The molecule has 0 fully saturated rings. The summed E-state index contributed by atoms with van der Waals surface area (Å²) in [5.41, 5.74) is 1.48. The van der Waals surface area contributed by atoms with Crippen LogP contribution in [0.1, 0.15) is 12.5 Å². The topological polar surface area (TPSA) is 110 Å². The van der Waals surface area contributed by atoms with Crippen LogP contribution in [-0.4, -0.2) is 26.3 Å². The third kappa shape index (κ3) is 5.48. The Kier molecular flexibility index (Phi) is 6.39. The van der Waals surface area contributed by atoms with E-state index >= 15 is 0 Å². The quantitative estimate of drug-likeness (QED) is 0.314. The molecule has 2 aromatic carbocycles. The number of rotatable bonds is 7. The molecule has 3 rings (SSSR count). The number of aryl methyl sites for hydroxylation is 1. The molecule has 1 unspecified atom stereocenters. The normalized spacial score (nSPS) is 11.7. The number of amides is 1. The van der Waals surface area contributed by atoms with Crippen LogP contribution < -0.4 is 10.6 Å². The number of nitro benzene ring substituents is 1. The van der Waals surface area contributed by atoms with Crippen molar-refractivity contribution in [2.45, 2.75) is 23.4 Å². The van der Waals surface area contributed by atoms with Crippen LogP contribution in [0.4, 0.5) is 26.6 Å². The zero-order valence-electron chi connectivity index (χ0n) is 15.4. The number of aromatic nitrogens is 2. The number of thioether (sulfide) groups is 1. The van der Waals surface area contributed by atoms with Gasteiger partial charge in [0.2, 0.25) is 16.9 Å². The van der Waals surface area contributed by atoms with Crippen LogP contribution in [0.5, 0.6) is 0 Å². The molecular weight excluding hydrogens is 417 g/mol. The van der Waals surface area contributed by atoms with E-state index in [1.807, 2.05) is 31.2 Å². The average molecular weight is 433 g/mol. The zero-order chi connectivity index (χ0) is 21.0. The summed E-state index contributed by atoms with van der Waals surface area (Å²) in [6, 6.07) is 11.0. The summed E-state index contributed by atoms with van der Waals surface area (Å²) < 4.78 is 14.0. The first-order chi connectivity index (χ1) is 13.8. The van der Waals surface area contributed by atoms with Crippen molar-refractivity contribution in [3.63, 3.8) is 0 Å². The predicted octanol–water partition coefficient (Wildman–Crippen LogP) is 4.76. The van der Waals surface area contributed by atoms with Crippen LogP contribution in [0.15, 0.2) is 46.8 Å². The first-order valence-corrected chi connectivity index (χ1v) is 10.1. The van der Waals surface area contributed by atoms with E-state index in [1.165, 1.54) is 29.2 Å². The first kappa shape index (κ1) is 20.7. The molecule has 8 nitrogen and oxygen atoms in total. The zero-order valence-corrected chi connectivity index (χ0v) is 17.0. The number of carbonyl (C=O) groups is 1. The molecule has 1 aromatic heterocycles. The highest BCUT2D eigenvalue weighted by Gasteiger charge is 2.20. The van der Waals surface area contributed by atoms with Crippen molar-refractivity contribution >= 4 is 51.2 Å². The lowest BCUT2D eigenvalue weighted by Gasteiger charge is -2.10. The van der Waals surface area contributed by atoms with E-state index in [4.69, 9.17) is 0 Å². The van der Waals surface area contributed by atoms with Crippen LogP contribution in [0.2, 0.25) is 0 Å². The molecule has 0 saturated heterocycles. The Morgan fingerprint density at radius 1 is 1.21 bits per heavy atom. The van der Waals surface area contributed by atoms with Gasteiger partial charge >= 0.3 is 5.69 Å². The third-order valence-corrected chi connectivity index (χ3v) is 5.79. The van der Waals surface area contributed by atoms with E-state index in [9.17, 15) is 19.3 Å². The summed E-state index contributed by atoms with van der Waals surface area (Å²) >= 11 is 2.51. The second-order valence-electron chi connectivity index (χ2n) is 6.04. The van der Waals surface area contributed by atoms with Gasteiger partial charge in [0.05, 0.1) is 10.2 Å². The summed E-state index contributed by atoms with van der Waals surface area (Å²) in [4.78, 5) is 22.3. The molecule has 2 N–H and O–H groups in total. The van der Waals surface area contributed by atoms with Gasteiger partial charge < -0.3 is 10.6 Å². The van der Waals surface area contributed by atoms with Gasteiger partial charge in [0, 0.05) is 17.4 Å². The number of nitrogens with zero attached hydrogens (tertiary/aromatic N) is 3. The summed E-state index contributed by atoms with van der Waals surface area (Å²) in [7, 11) is 0. The minimum Gasteiger partial charge on any atom is -0.330 e. The Bertz CT molecular complexity index is 1040. The fourth-order valence-electron chi connectivity index (χ4n) is 2.25. The number of carbonyl (C=O) groups excluding carboxylic acids is 1. The number of nitrogens with one attached hydrogen (secondary N) is 2. The maximum atomic E-state index is 13.4. The lowest BCUT2D eigenvalue weighted by molar-refractivity contribution is -0.387. The van der Waals surface area contributed by atoms with Crippen molar-refractivity contribution < 1.29 is 14.1 Å². The highest BCUT2D eigenvalue weighted by Crippen LogP contribution is 2.31. The molecular formula is C18H16FN5O3S2. The molecule has 1 amide bonds. The van der Waals surface area contributed by atoms with Gasteiger partial charge in [-0.05, 0) is 38.1 Å². The molecule has 0 aliphatic rings. The third-order valence-electron chi connectivity index (χ3n) is 3.77. The Morgan fingerprint density at radius 2 is 1.90 bits per heavy atom. The molecule has 1 heterocycles. The SMILES string of the molecule is Cc1ccc(Nc2nnc(SC(C)C(=O)Nc3ccc(F)c([N+](=O)[O-])c3)s2)cc1. The first-order valence-electron chi connectivity index (χ1n) is 8.40. The molecule has 1 atom stereocenters. The Hall–Kier alpha value is -3.05. The molecule has 0 radical (unpaired) electrons. The van der Waals surface area contributed by atoms with Crippen LogP contribution >= 0.6 is 23.1 Å². The number of hydrogen-bond acceptors (Lipinski definition) is 8.